The summed E-state index contributed by atoms with van der Waals surface area (Å²) >= 11 is 0. The minimum atomic E-state index is -1.03. The van der Waals surface area contributed by atoms with Crippen LogP contribution in [0.25, 0.3) is 0 Å². The Balaban J connectivity index is 1.99. The monoisotopic (exact) mass is 470 g/mol. The number of rotatable bonds is 21. The SMILES string of the molecule is CCCCCCCCCCCCCCCCCCOC1=C(O)C(C(O)C[N+](C)(C)C)OC1=O. The highest BCUT2D eigenvalue weighted by Gasteiger charge is 2.42. The van der Waals surface area contributed by atoms with E-state index in [0.29, 0.717) is 17.6 Å². The van der Waals surface area contributed by atoms with Crippen LogP contribution in [0.4, 0.5) is 0 Å². The summed E-state index contributed by atoms with van der Waals surface area (Å²) in [5, 5.41) is 20.5. The van der Waals surface area contributed by atoms with E-state index < -0.39 is 18.2 Å². The smallest absolute Gasteiger partial charge is 0.378 e. The third-order valence-electron chi connectivity index (χ3n) is 6.25. The van der Waals surface area contributed by atoms with E-state index in [1.165, 1.54) is 89.9 Å². The van der Waals surface area contributed by atoms with Crippen molar-refractivity contribution in [3.8, 4) is 0 Å². The number of aliphatic hydroxyl groups excluding tert-OH is 2. The van der Waals surface area contributed by atoms with Crippen molar-refractivity contribution in [2.45, 2.75) is 122 Å². The molecule has 0 spiro atoms. The zero-order valence-corrected chi connectivity index (χ0v) is 21.9. The van der Waals surface area contributed by atoms with Gasteiger partial charge >= 0.3 is 5.97 Å². The fraction of sp³-hybridized carbons (Fsp3) is 0.889. The zero-order valence-electron chi connectivity index (χ0n) is 21.9. The average molecular weight is 471 g/mol. The molecular formula is C27H52NO5+. The molecule has 0 amide bonds. The van der Waals surface area contributed by atoms with Crippen LogP contribution < -0.4 is 0 Å². The van der Waals surface area contributed by atoms with Crippen molar-refractivity contribution in [2.24, 2.45) is 0 Å². The highest BCUT2D eigenvalue weighted by Crippen LogP contribution is 2.25. The van der Waals surface area contributed by atoms with Gasteiger partial charge in [-0.3, -0.25) is 0 Å². The average Bonchev–Trinajstić information content (AvgIpc) is 3.03. The van der Waals surface area contributed by atoms with Gasteiger partial charge in [0.25, 0.3) is 0 Å². The summed E-state index contributed by atoms with van der Waals surface area (Å²) in [6, 6.07) is 0. The number of nitrogens with zero attached hydrogens (tertiary/aromatic N) is 1. The molecule has 1 rings (SSSR count). The predicted molar refractivity (Wildman–Crippen MR) is 134 cm³/mol. The number of aliphatic hydroxyl groups is 2. The molecule has 1 aliphatic rings. The van der Waals surface area contributed by atoms with Crippen LogP contribution in [0, 0.1) is 0 Å². The number of unbranched alkanes of at least 4 members (excludes halogenated alkanes) is 15. The first-order valence-corrected chi connectivity index (χ1v) is 13.5. The van der Waals surface area contributed by atoms with Gasteiger partial charge in [0.1, 0.15) is 12.6 Å². The number of carbonyl (C=O) groups is 1. The normalized spacial score (nSPS) is 17.5. The van der Waals surface area contributed by atoms with Gasteiger partial charge in [0.2, 0.25) is 5.76 Å². The van der Waals surface area contributed by atoms with E-state index >= 15 is 0 Å². The lowest BCUT2D eigenvalue weighted by Crippen LogP contribution is -2.46. The lowest BCUT2D eigenvalue weighted by Gasteiger charge is -2.28. The number of hydrogen-bond donors (Lipinski definition) is 2. The summed E-state index contributed by atoms with van der Waals surface area (Å²) in [6.45, 7) is 3.00. The van der Waals surface area contributed by atoms with E-state index in [1.54, 1.807) is 0 Å². The predicted octanol–water partition coefficient (Wildman–Crippen LogP) is 6.03. The Hall–Kier alpha value is -1.27. The molecule has 2 unspecified atom stereocenters. The van der Waals surface area contributed by atoms with Crippen molar-refractivity contribution in [3.63, 3.8) is 0 Å². The van der Waals surface area contributed by atoms with E-state index in [-0.39, 0.29) is 11.5 Å². The Morgan fingerprint density at radius 3 is 1.67 bits per heavy atom. The minimum Gasteiger partial charge on any atom is -0.505 e. The molecule has 0 fully saturated rings. The molecule has 1 aliphatic heterocycles. The molecule has 2 atom stereocenters. The first-order valence-electron chi connectivity index (χ1n) is 13.5. The number of ether oxygens (including phenoxy) is 2. The molecule has 0 aliphatic carbocycles. The van der Waals surface area contributed by atoms with Gasteiger partial charge in [0, 0.05) is 0 Å². The third-order valence-corrected chi connectivity index (χ3v) is 6.25. The molecule has 0 aromatic carbocycles. The Bertz CT molecular complexity index is 555. The fourth-order valence-corrected chi connectivity index (χ4v) is 4.33. The number of quaternary nitrogens is 1. The van der Waals surface area contributed by atoms with Crippen LogP contribution >= 0.6 is 0 Å². The zero-order chi connectivity index (χ0) is 24.5. The van der Waals surface area contributed by atoms with E-state index in [9.17, 15) is 15.0 Å². The molecule has 0 saturated carbocycles. The van der Waals surface area contributed by atoms with E-state index in [2.05, 4.69) is 6.92 Å². The maximum Gasteiger partial charge on any atom is 0.378 e. The molecule has 0 radical (unpaired) electrons. The van der Waals surface area contributed by atoms with Crippen molar-refractivity contribution < 1.29 is 29.0 Å². The lowest BCUT2D eigenvalue weighted by atomic mass is 10.0. The molecule has 6 heteroatoms. The van der Waals surface area contributed by atoms with Crippen molar-refractivity contribution in [2.75, 3.05) is 34.3 Å². The second-order valence-electron chi connectivity index (χ2n) is 10.7. The quantitative estimate of drug-likeness (QED) is 0.122. The molecule has 0 aromatic rings. The Kier molecular flexibility index (Phi) is 15.5. The van der Waals surface area contributed by atoms with E-state index in [1.807, 2.05) is 21.1 Å². The molecule has 1 heterocycles. The molecule has 0 saturated heterocycles. The van der Waals surface area contributed by atoms with Gasteiger partial charge in [-0.1, -0.05) is 103 Å². The first kappa shape index (κ1) is 29.8. The van der Waals surface area contributed by atoms with Gasteiger partial charge in [-0.25, -0.2) is 4.79 Å². The largest absolute Gasteiger partial charge is 0.505 e. The Morgan fingerprint density at radius 2 is 1.24 bits per heavy atom. The van der Waals surface area contributed by atoms with Crippen molar-refractivity contribution in [1.82, 2.24) is 0 Å². The molecule has 33 heavy (non-hydrogen) atoms. The maximum atomic E-state index is 12.0. The summed E-state index contributed by atoms with van der Waals surface area (Å²) in [4.78, 5) is 12.0. The highest BCUT2D eigenvalue weighted by molar-refractivity contribution is 5.89. The molecule has 2 N–H and O–H groups in total. The number of hydrogen-bond acceptors (Lipinski definition) is 5. The molecule has 6 nitrogen and oxygen atoms in total. The van der Waals surface area contributed by atoms with Crippen LogP contribution in [0.5, 0.6) is 0 Å². The van der Waals surface area contributed by atoms with Gasteiger partial charge in [0.15, 0.2) is 11.9 Å². The van der Waals surface area contributed by atoms with Gasteiger partial charge < -0.3 is 24.2 Å². The third kappa shape index (κ3) is 13.9. The summed E-state index contributed by atoms with van der Waals surface area (Å²) in [5.41, 5.74) is 0. The topological polar surface area (TPSA) is 76.0 Å². The van der Waals surface area contributed by atoms with Crippen LogP contribution in [0.1, 0.15) is 110 Å². The number of carbonyl (C=O) groups excluding carboxylic acids is 1. The van der Waals surface area contributed by atoms with Crippen LogP contribution in [0.2, 0.25) is 0 Å². The summed E-state index contributed by atoms with van der Waals surface area (Å²) in [7, 11) is 5.78. The van der Waals surface area contributed by atoms with Crippen LogP contribution in [-0.4, -0.2) is 67.2 Å². The Morgan fingerprint density at radius 1 is 0.818 bits per heavy atom. The summed E-state index contributed by atoms with van der Waals surface area (Å²) in [5.74, 6) is -1.10. The van der Waals surface area contributed by atoms with Crippen LogP contribution in [0.3, 0.4) is 0 Å². The van der Waals surface area contributed by atoms with E-state index in [4.69, 9.17) is 9.47 Å². The standard InChI is InChI=1S/C27H51NO5/c1-5-6-7-8-9-10-11-12-13-14-15-16-17-18-19-20-21-32-26-24(30)25(33-27(26)31)23(29)22-28(2,3)4/h23,25,29H,5-22H2,1-4H3/p+1. The first-order chi connectivity index (χ1) is 15.8. The number of likely N-dealkylation sites (N-methyl/N-ethyl adjacent to an activating group) is 1. The van der Waals surface area contributed by atoms with Crippen molar-refractivity contribution in [1.29, 1.82) is 0 Å². The number of cyclic esters (lactones) is 1. The van der Waals surface area contributed by atoms with Crippen LogP contribution in [-0.2, 0) is 14.3 Å². The minimum absolute atomic E-state index is 0.138. The van der Waals surface area contributed by atoms with Crippen molar-refractivity contribution >= 4 is 5.97 Å². The van der Waals surface area contributed by atoms with Crippen molar-refractivity contribution in [3.05, 3.63) is 11.5 Å². The Labute approximate surface area is 202 Å². The van der Waals surface area contributed by atoms with Gasteiger partial charge in [0.05, 0.1) is 27.7 Å². The maximum absolute atomic E-state index is 12.0. The number of esters is 1. The summed E-state index contributed by atoms with van der Waals surface area (Å²) in [6.07, 6.45) is 18.8. The summed E-state index contributed by atoms with van der Waals surface area (Å²) < 4.78 is 11.1. The molecular weight excluding hydrogens is 418 g/mol. The fourth-order valence-electron chi connectivity index (χ4n) is 4.33. The van der Waals surface area contributed by atoms with Gasteiger partial charge in [-0.2, -0.15) is 0 Å². The lowest BCUT2D eigenvalue weighted by molar-refractivity contribution is -0.874. The highest BCUT2D eigenvalue weighted by atomic mass is 16.6. The van der Waals surface area contributed by atoms with Gasteiger partial charge in [-0.05, 0) is 6.42 Å². The molecule has 0 aromatic heterocycles. The molecule has 194 valence electrons. The van der Waals surface area contributed by atoms with Crippen LogP contribution in [0.15, 0.2) is 11.5 Å². The van der Waals surface area contributed by atoms with E-state index in [0.717, 1.165) is 12.8 Å². The second-order valence-corrected chi connectivity index (χ2v) is 10.7. The van der Waals surface area contributed by atoms with Gasteiger partial charge in [-0.15, -0.1) is 0 Å². The second kappa shape index (κ2) is 17.2. The molecule has 0 bridgehead atoms.